The zero-order valence-corrected chi connectivity index (χ0v) is 14.6. The van der Waals surface area contributed by atoms with E-state index in [-0.39, 0.29) is 17.3 Å². The van der Waals surface area contributed by atoms with Gasteiger partial charge in [-0.05, 0) is 40.6 Å². The van der Waals surface area contributed by atoms with Gasteiger partial charge in [-0.2, -0.15) is 0 Å². The number of halogens is 5. The van der Waals surface area contributed by atoms with Crippen molar-refractivity contribution in [1.82, 2.24) is 0 Å². The summed E-state index contributed by atoms with van der Waals surface area (Å²) in [7, 11) is 0. The molecule has 0 aromatic heterocycles. The van der Waals surface area contributed by atoms with Crippen molar-refractivity contribution in [2.45, 2.75) is 23.6 Å². The van der Waals surface area contributed by atoms with Crippen molar-refractivity contribution in [2.75, 3.05) is 0 Å². The second kappa shape index (κ2) is 5.52. The molecule has 1 aliphatic rings. The van der Waals surface area contributed by atoms with Crippen molar-refractivity contribution in [3.05, 3.63) is 34.9 Å². The van der Waals surface area contributed by atoms with E-state index in [4.69, 9.17) is 58.0 Å². The van der Waals surface area contributed by atoms with E-state index in [0.717, 1.165) is 0 Å². The molecular weight excluding hydrogens is 361 g/mol. The maximum atomic E-state index is 11.4. The molecule has 1 nitrogen and oxygen atoms in total. The molecule has 1 aromatic carbocycles. The zero-order valence-electron chi connectivity index (χ0n) is 10.8. The molecule has 0 spiro atoms. The first kappa shape index (κ1) is 16.7. The quantitative estimate of drug-likeness (QED) is 0.494. The molecule has 0 radical (unpaired) electrons. The van der Waals surface area contributed by atoms with Crippen LogP contribution in [0.3, 0.4) is 0 Å². The predicted octanol–water partition coefficient (Wildman–Crippen LogP) is 5.62. The van der Waals surface area contributed by atoms with Crippen LogP contribution in [0.4, 0.5) is 0 Å². The maximum absolute atomic E-state index is 11.4. The van der Waals surface area contributed by atoms with Crippen molar-refractivity contribution in [2.24, 2.45) is 17.3 Å². The lowest BCUT2D eigenvalue weighted by Crippen LogP contribution is -2.28. The molecule has 0 amide bonds. The average Bonchev–Trinajstić information content (AvgIpc) is 2.91. The van der Waals surface area contributed by atoms with Crippen molar-refractivity contribution >= 4 is 63.2 Å². The minimum atomic E-state index is -1.31. The van der Waals surface area contributed by atoms with Gasteiger partial charge in [-0.1, -0.05) is 60.8 Å². The maximum Gasteiger partial charge on any atom is 0.225 e. The third-order valence-electron chi connectivity index (χ3n) is 4.05. The van der Waals surface area contributed by atoms with Crippen LogP contribution in [0.25, 0.3) is 0 Å². The first-order valence-electron chi connectivity index (χ1n) is 6.07. The summed E-state index contributed by atoms with van der Waals surface area (Å²) in [5, 5.41) is -0.440. The Balaban J connectivity index is 2.26. The number of benzene rings is 1. The monoisotopic (exact) mass is 372 g/mol. The van der Waals surface area contributed by atoms with Gasteiger partial charge in [0.1, 0.15) is 0 Å². The van der Waals surface area contributed by atoms with Gasteiger partial charge in [0.15, 0.2) is 4.33 Å². The summed E-state index contributed by atoms with van der Waals surface area (Å²) in [5.74, 6) is -0.490. The summed E-state index contributed by atoms with van der Waals surface area (Å²) in [4.78, 5) is 11.4. The smallest absolute Gasteiger partial charge is 0.225 e. The molecule has 6 heteroatoms. The molecular formula is C14H13Cl5O. The van der Waals surface area contributed by atoms with E-state index in [1.165, 1.54) is 0 Å². The third kappa shape index (κ3) is 2.80. The number of carbonyl (C=O) groups is 1. The molecule has 1 aliphatic carbocycles. The molecule has 1 unspecified atom stereocenters. The number of hydrogen-bond acceptors (Lipinski definition) is 1. The number of carbonyl (C=O) groups excluding carboxylic acids is 1. The molecule has 0 bridgehead atoms. The van der Waals surface area contributed by atoms with Gasteiger partial charge in [0.25, 0.3) is 0 Å². The highest BCUT2D eigenvalue weighted by molar-refractivity contribution is 6.64. The lowest BCUT2D eigenvalue weighted by molar-refractivity contribution is -0.113. The first-order valence-corrected chi connectivity index (χ1v) is 8.02. The normalized spacial score (nSPS) is 26.1. The zero-order chi connectivity index (χ0) is 15.3. The lowest BCUT2D eigenvalue weighted by atomic mass is 10.0. The minimum absolute atomic E-state index is 0.167. The molecule has 0 aliphatic heterocycles. The second-order valence-electron chi connectivity index (χ2n) is 5.66. The van der Waals surface area contributed by atoms with Gasteiger partial charge in [-0.25, -0.2) is 0 Å². The molecule has 3 atom stereocenters. The third-order valence-corrected chi connectivity index (χ3v) is 6.26. The molecule has 1 fully saturated rings. The summed E-state index contributed by atoms with van der Waals surface area (Å²) >= 11 is 30.8. The SMILES string of the molecule is CC1(C)[C@@H](C(=O)Cl)[C@@H]1C(Cl)C(Cl)(Cl)c1ccc(Cl)cc1. The highest BCUT2D eigenvalue weighted by Crippen LogP contribution is 2.65. The Morgan fingerprint density at radius 1 is 1.25 bits per heavy atom. The van der Waals surface area contributed by atoms with E-state index in [0.29, 0.717) is 10.6 Å². The van der Waals surface area contributed by atoms with Gasteiger partial charge in [-0.3, -0.25) is 4.79 Å². The molecule has 110 valence electrons. The van der Waals surface area contributed by atoms with E-state index in [1.807, 2.05) is 13.8 Å². The van der Waals surface area contributed by atoms with E-state index >= 15 is 0 Å². The van der Waals surface area contributed by atoms with Crippen molar-refractivity contribution in [1.29, 1.82) is 0 Å². The Morgan fingerprint density at radius 2 is 1.75 bits per heavy atom. The van der Waals surface area contributed by atoms with E-state index in [1.54, 1.807) is 24.3 Å². The van der Waals surface area contributed by atoms with Gasteiger partial charge >= 0.3 is 0 Å². The molecule has 2 rings (SSSR count). The summed E-state index contributed by atoms with van der Waals surface area (Å²) in [5.41, 5.74) is 0.348. The van der Waals surface area contributed by atoms with E-state index in [9.17, 15) is 4.79 Å². The van der Waals surface area contributed by atoms with E-state index in [2.05, 4.69) is 0 Å². The van der Waals surface area contributed by atoms with Crippen LogP contribution < -0.4 is 0 Å². The molecule has 0 N–H and O–H groups in total. The van der Waals surface area contributed by atoms with Crippen molar-refractivity contribution in [3.8, 4) is 0 Å². The van der Waals surface area contributed by atoms with Crippen LogP contribution in [-0.4, -0.2) is 10.6 Å². The number of hydrogen-bond donors (Lipinski definition) is 0. The number of alkyl halides is 3. The highest BCUT2D eigenvalue weighted by Gasteiger charge is 2.67. The molecule has 0 heterocycles. The summed E-state index contributed by atoms with van der Waals surface area (Å²) < 4.78 is -1.31. The lowest BCUT2D eigenvalue weighted by Gasteiger charge is -2.27. The van der Waals surface area contributed by atoms with Crippen LogP contribution in [-0.2, 0) is 9.13 Å². The van der Waals surface area contributed by atoms with Gasteiger partial charge in [0.2, 0.25) is 5.24 Å². The molecule has 1 saturated carbocycles. The standard InChI is InChI=1S/C14H13Cl5O/c1-13(2)9(10(13)12(17)20)11(16)14(18,19)7-3-5-8(15)6-4-7/h3-6,9-11H,1-2H3/t9-,10-,11?/m1/s1. The minimum Gasteiger partial charge on any atom is -0.281 e. The van der Waals surface area contributed by atoms with E-state index < -0.39 is 15.0 Å². The largest absolute Gasteiger partial charge is 0.281 e. The van der Waals surface area contributed by atoms with Crippen LogP contribution in [0.15, 0.2) is 24.3 Å². The fourth-order valence-corrected chi connectivity index (χ4v) is 4.38. The first-order chi connectivity index (χ1) is 9.10. The fraction of sp³-hybridized carbons (Fsp3) is 0.500. The van der Waals surface area contributed by atoms with Crippen LogP contribution in [0.2, 0.25) is 5.02 Å². The predicted molar refractivity (Wildman–Crippen MR) is 86.1 cm³/mol. The van der Waals surface area contributed by atoms with Crippen LogP contribution in [0.1, 0.15) is 19.4 Å². The Labute approximate surface area is 143 Å². The van der Waals surface area contributed by atoms with Gasteiger partial charge in [0, 0.05) is 10.9 Å². The average molecular weight is 375 g/mol. The Kier molecular flexibility index (Phi) is 4.61. The molecule has 20 heavy (non-hydrogen) atoms. The highest BCUT2D eigenvalue weighted by atomic mass is 35.5. The molecule has 1 aromatic rings. The summed E-state index contributed by atoms with van der Waals surface area (Å²) in [6.45, 7) is 3.87. The van der Waals surface area contributed by atoms with Crippen LogP contribution >= 0.6 is 58.0 Å². The Bertz CT molecular complexity index is 523. The van der Waals surface area contributed by atoms with Gasteiger partial charge in [-0.15, -0.1) is 11.6 Å². The van der Waals surface area contributed by atoms with Crippen molar-refractivity contribution in [3.63, 3.8) is 0 Å². The number of rotatable bonds is 4. The molecule has 0 saturated heterocycles. The Morgan fingerprint density at radius 3 is 2.15 bits per heavy atom. The Hall–Kier alpha value is 0.340. The van der Waals surface area contributed by atoms with Gasteiger partial charge in [0.05, 0.1) is 5.38 Å². The van der Waals surface area contributed by atoms with Gasteiger partial charge < -0.3 is 0 Å². The van der Waals surface area contributed by atoms with Crippen LogP contribution in [0.5, 0.6) is 0 Å². The second-order valence-corrected chi connectivity index (χ2v) is 8.33. The topological polar surface area (TPSA) is 17.1 Å². The fourth-order valence-electron chi connectivity index (χ4n) is 2.71. The summed E-state index contributed by atoms with van der Waals surface area (Å²) in [6.07, 6.45) is 0. The van der Waals surface area contributed by atoms with Crippen molar-refractivity contribution < 1.29 is 4.79 Å². The van der Waals surface area contributed by atoms with Crippen LogP contribution in [0, 0.1) is 17.3 Å². The summed E-state index contributed by atoms with van der Waals surface area (Å²) in [6, 6.07) is 6.85.